The Balaban J connectivity index is 1.67. The van der Waals surface area contributed by atoms with E-state index < -0.39 is 5.82 Å². The largest absolute Gasteiger partial charge is 0.361 e. The predicted octanol–water partition coefficient (Wildman–Crippen LogP) is 5.79. The first-order valence-corrected chi connectivity index (χ1v) is 11.6. The molecule has 1 aliphatic heterocycles. The molecule has 176 valence electrons. The number of aromatic nitrogens is 2. The van der Waals surface area contributed by atoms with Gasteiger partial charge in [0, 0.05) is 47.9 Å². The lowest BCUT2D eigenvalue weighted by Crippen LogP contribution is -2.32. The molecule has 6 rings (SSSR count). The van der Waals surface area contributed by atoms with Crippen molar-refractivity contribution in [3.8, 4) is 28.5 Å². The maximum Gasteiger partial charge on any atom is 0.253 e. The van der Waals surface area contributed by atoms with Crippen LogP contribution < -0.4 is 5.32 Å². The van der Waals surface area contributed by atoms with Crippen molar-refractivity contribution in [3.63, 3.8) is 0 Å². The van der Waals surface area contributed by atoms with E-state index in [0.717, 1.165) is 27.9 Å². The Morgan fingerprint density at radius 3 is 2.50 bits per heavy atom. The van der Waals surface area contributed by atoms with Gasteiger partial charge in [-0.25, -0.2) is 8.78 Å². The van der Waals surface area contributed by atoms with E-state index in [9.17, 15) is 18.8 Å². The van der Waals surface area contributed by atoms with Gasteiger partial charge in [-0.05, 0) is 59.2 Å². The van der Waals surface area contributed by atoms with Gasteiger partial charge in [-0.1, -0.05) is 24.3 Å². The standard InChI is InChI=1S/C29H20F2N4O/c30-22-5-1-17(2-6-22)26-27-25(10-12-34-29(27)36)35(16-20-3-7-23(31)14-21(20)15-32)28(26)19-4-8-24-18(13-19)9-11-33-24/h1-9,11,13-14,33H,10,12,16H2,(H,34,36). The predicted molar refractivity (Wildman–Crippen MR) is 133 cm³/mol. The summed E-state index contributed by atoms with van der Waals surface area (Å²) < 4.78 is 29.8. The van der Waals surface area contributed by atoms with Crippen molar-refractivity contribution in [2.24, 2.45) is 0 Å². The summed E-state index contributed by atoms with van der Waals surface area (Å²) in [5.74, 6) is -1.04. The molecule has 0 fully saturated rings. The molecule has 2 aromatic heterocycles. The number of amides is 1. The van der Waals surface area contributed by atoms with Crippen molar-refractivity contribution in [2.45, 2.75) is 13.0 Å². The maximum atomic E-state index is 13.9. The SMILES string of the molecule is N#Cc1cc(F)ccc1Cn1c2c(c(-c3ccc(F)cc3)c1-c1ccc3[nH]ccc3c1)C(=O)NCC2. The first kappa shape index (κ1) is 21.8. The molecule has 36 heavy (non-hydrogen) atoms. The molecule has 1 aliphatic rings. The number of nitrogens with zero attached hydrogens (tertiary/aromatic N) is 2. The molecule has 0 atom stereocenters. The molecule has 7 heteroatoms. The highest BCUT2D eigenvalue weighted by molar-refractivity contribution is 6.07. The van der Waals surface area contributed by atoms with Crippen LogP contribution in [-0.2, 0) is 13.0 Å². The zero-order valence-corrected chi connectivity index (χ0v) is 19.1. The molecule has 5 aromatic rings. The van der Waals surface area contributed by atoms with Gasteiger partial charge in [0.2, 0.25) is 0 Å². The van der Waals surface area contributed by atoms with Gasteiger partial charge in [0.05, 0.1) is 22.9 Å². The van der Waals surface area contributed by atoms with E-state index in [-0.39, 0.29) is 23.8 Å². The van der Waals surface area contributed by atoms with Gasteiger partial charge in [-0.15, -0.1) is 0 Å². The van der Waals surface area contributed by atoms with Crippen molar-refractivity contribution in [2.75, 3.05) is 6.54 Å². The first-order chi connectivity index (χ1) is 17.5. The molecule has 0 spiro atoms. The molecule has 0 saturated heterocycles. The van der Waals surface area contributed by atoms with Crippen molar-refractivity contribution >= 4 is 16.8 Å². The summed E-state index contributed by atoms with van der Waals surface area (Å²) in [6, 6.07) is 20.4. The van der Waals surface area contributed by atoms with Gasteiger partial charge in [-0.2, -0.15) is 5.26 Å². The topological polar surface area (TPSA) is 73.6 Å². The number of benzene rings is 3. The van der Waals surface area contributed by atoms with Gasteiger partial charge in [0.1, 0.15) is 11.6 Å². The Kier molecular flexibility index (Phi) is 5.15. The van der Waals surface area contributed by atoms with Gasteiger partial charge in [0.25, 0.3) is 5.91 Å². The summed E-state index contributed by atoms with van der Waals surface area (Å²) in [6.45, 7) is 0.754. The van der Waals surface area contributed by atoms with Crippen LogP contribution in [0, 0.1) is 23.0 Å². The molecule has 2 N–H and O–H groups in total. The van der Waals surface area contributed by atoms with Crippen molar-refractivity contribution < 1.29 is 13.6 Å². The maximum absolute atomic E-state index is 13.9. The Bertz CT molecular complexity index is 1690. The summed E-state index contributed by atoms with van der Waals surface area (Å²) in [7, 11) is 0. The number of rotatable bonds is 4. The lowest BCUT2D eigenvalue weighted by molar-refractivity contribution is 0.0946. The summed E-state index contributed by atoms with van der Waals surface area (Å²) in [5, 5.41) is 13.6. The van der Waals surface area contributed by atoms with Gasteiger partial charge in [0.15, 0.2) is 0 Å². The second kappa shape index (κ2) is 8.51. The average Bonchev–Trinajstić information content (AvgIpc) is 3.48. The molecule has 0 bridgehead atoms. The summed E-state index contributed by atoms with van der Waals surface area (Å²) in [5.41, 5.74) is 6.33. The fraction of sp³-hybridized carbons (Fsp3) is 0.103. The number of nitriles is 1. The summed E-state index contributed by atoms with van der Waals surface area (Å²) in [4.78, 5) is 16.4. The van der Waals surface area contributed by atoms with Crippen LogP contribution in [0.1, 0.15) is 27.2 Å². The number of hydrogen-bond donors (Lipinski definition) is 2. The highest BCUT2D eigenvalue weighted by atomic mass is 19.1. The number of hydrogen-bond acceptors (Lipinski definition) is 2. The average molecular weight is 479 g/mol. The fourth-order valence-corrected chi connectivity index (χ4v) is 5.09. The Morgan fingerprint density at radius 2 is 1.69 bits per heavy atom. The number of nitrogens with one attached hydrogen (secondary N) is 2. The smallest absolute Gasteiger partial charge is 0.253 e. The molecule has 0 radical (unpaired) electrons. The molecule has 1 amide bonds. The van der Waals surface area contributed by atoms with E-state index in [4.69, 9.17) is 0 Å². The van der Waals surface area contributed by atoms with Crippen LogP contribution in [0.5, 0.6) is 0 Å². The number of aromatic amines is 1. The van der Waals surface area contributed by atoms with Crippen LogP contribution in [0.15, 0.2) is 72.9 Å². The highest BCUT2D eigenvalue weighted by Crippen LogP contribution is 2.42. The normalized spacial score (nSPS) is 12.9. The zero-order valence-electron chi connectivity index (χ0n) is 19.1. The molecule has 0 aliphatic carbocycles. The summed E-state index contributed by atoms with van der Waals surface area (Å²) >= 11 is 0. The third-order valence-corrected chi connectivity index (χ3v) is 6.73. The number of carbonyl (C=O) groups excluding carboxylic acids is 1. The molecule has 3 heterocycles. The van der Waals surface area contributed by atoms with Gasteiger partial charge in [-0.3, -0.25) is 4.79 Å². The van der Waals surface area contributed by atoms with E-state index in [1.807, 2.05) is 30.5 Å². The number of halogens is 2. The lowest BCUT2D eigenvalue weighted by atomic mass is 9.94. The van der Waals surface area contributed by atoms with Gasteiger partial charge >= 0.3 is 0 Å². The van der Waals surface area contributed by atoms with E-state index in [1.165, 1.54) is 24.3 Å². The van der Waals surface area contributed by atoms with Crippen LogP contribution in [-0.4, -0.2) is 22.0 Å². The number of fused-ring (bicyclic) bond motifs is 2. The van der Waals surface area contributed by atoms with Crippen LogP contribution >= 0.6 is 0 Å². The molecule has 0 unspecified atom stereocenters. The minimum absolute atomic E-state index is 0.196. The van der Waals surface area contributed by atoms with Crippen molar-refractivity contribution in [3.05, 3.63) is 107 Å². The first-order valence-electron chi connectivity index (χ1n) is 11.6. The second-order valence-electron chi connectivity index (χ2n) is 8.84. The van der Waals surface area contributed by atoms with E-state index in [1.54, 1.807) is 18.2 Å². The number of carbonyl (C=O) groups is 1. The molecule has 0 saturated carbocycles. The lowest BCUT2D eigenvalue weighted by Gasteiger charge is -2.18. The molecule has 3 aromatic carbocycles. The molecule has 5 nitrogen and oxygen atoms in total. The van der Waals surface area contributed by atoms with E-state index in [0.29, 0.717) is 35.2 Å². The Morgan fingerprint density at radius 1 is 0.917 bits per heavy atom. The Labute approximate surface area is 205 Å². The minimum atomic E-state index is -0.477. The van der Waals surface area contributed by atoms with Crippen LogP contribution in [0.2, 0.25) is 0 Å². The van der Waals surface area contributed by atoms with E-state index in [2.05, 4.69) is 20.9 Å². The zero-order chi connectivity index (χ0) is 24.8. The van der Waals surface area contributed by atoms with Gasteiger partial charge < -0.3 is 14.9 Å². The molecular formula is C29H20F2N4O. The van der Waals surface area contributed by atoms with E-state index >= 15 is 0 Å². The third kappa shape index (κ3) is 3.55. The Hall–Kier alpha value is -4.70. The van der Waals surface area contributed by atoms with Crippen LogP contribution in [0.4, 0.5) is 8.78 Å². The quantitative estimate of drug-likeness (QED) is 0.343. The molecular weight excluding hydrogens is 458 g/mol. The summed E-state index contributed by atoms with van der Waals surface area (Å²) in [6.07, 6.45) is 2.45. The van der Waals surface area contributed by atoms with Crippen LogP contribution in [0.3, 0.4) is 0 Å². The van der Waals surface area contributed by atoms with Crippen molar-refractivity contribution in [1.82, 2.24) is 14.9 Å². The second-order valence-corrected chi connectivity index (χ2v) is 8.84. The third-order valence-electron chi connectivity index (χ3n) is 6.73. The minimum Gasteiger partial charge on any atom is -0.361 e. The van der Waals surface area contributed by atoms with Crippen LogP contribution in [0.25, 0.3) is 33.3 Å². The highest BCUT2D eigenvalue weighted by Gasteiger charge is 2.31. The monoisotopic (exact) mass is 478 g/mol. The van der Waals surface area contributed by atoms with Crippen molar-refractivity contribution in [1.29, 1.82) is 5.26 Å². The number of H-pyrrole nitrogens is 1. The fourth-order valence-electron chi connectivity index (χ4n) is 5.09.